The molecule has 0 radical (unpaired) electrons. The van der Waals surface area contributed by atoms with E-state index in [0.717, 1.165) is 12.0 Å². The molecule has 0 aromatic carbocycles. The van der Waals surface area contributed by atoms with Gasteiger partial charge in [0.05, 0.1) is 0 Å². The van der Waals surface area contributed by atoms with E-state index in [9.17, 15) is 0 Å². The number of rotatable bonds is 8. The van der Waals surface area contributed by atoms with Gasteiger partial charge in [0, 0.05) is 32.2 Å². The Labute approximate surface area is 132 Å². The van der Waals surface area contributed by atoms with Crippen molar-refractivity contribution in [1.29, 1.82) is 0 Å². The fraction of sp³-hybridized carbons (Fsp3) is 1.00. The maximum absolute atomic E-state index is 2.77. The van der Waals surface area contributed by atoms with Crippen molar-refractivity contribution in [2.45, 2.75) is 58.9 Å². The van der Waals surface area contributed by atoms with Crippen molar-refractivity contribution in [1.82, 2.24) is 14.7 Å². The summed E-state index contributed by atoms with van der Waals surface area (Å²) >= 11 is 0. The molecule has 0 amide bonds. The highest BCUT2D eigenvalue weighted by molar-refractivity contribution is 4.80. The summed E-state index contributed by atoms with van der Waals surface area (Å²) in [6.45, 7) is 17.4. The molecule has 0 unspecified atom stereocenters. The Morgan fingerprint density at radius 2 is 1.57 bits per heavy atom. The van der Waals surface area contributed by atoms with E-state index in [1.165, 1.54) is 84.5 Å². The second kappa shape index (κ2) is 9.12. The highest BCUT2D eigenvalue weighted by Crippen LogP contribution is 2.23. The Hall–Kier alpha value is -0.120. The highest BCUT2D eigenvalue weighted by atomic mass is 15.3. The molecule has 2 fully saturated rings. The van der Waals surface area contributed by atoms with Crippen molar-refractivity contribution >= 4 is 0 Å². The smallest absolute Gasteiger partial charge is 0.0110 e. The third-order valence-corrected chi connectivity index (χ3v) is 5.32. The monoisotopic (exact) mass is 295 g/mol. The zero-order valence-corrected chi connectivity index (χ0v) is 14.7. The summed E-state index contributed by atoms with van der Waals surface area (Å²) in [6.07, 6.45) is 7.05. The molecule has 0 N–H and O–H groups in total. The third kappa shape index (κ3) is 5.88. The topological polar surface area (TPSA) is 9.72 Å². The van der Waals surface area contributed by atoms with Crippen LogP contribution in [0.1, 0.15) is 52.9 Å². The molecule has 3 nitrogen and oxygen atoms in total. The zero-order chi connectivity index (χ0) is 15.1. The van der Waals surface area contributed by atoms with Crippen molar-refractivity contribution in [2.75, 3.05) is 52.4 Å². The lowest BCUT2D eigenvalue weighted by Gasteiger charge is -2.34. The highest BCUT2D eigenvalue weighted by Gasteiger charge is 2.24. The van der Waals surface area contributed by atoms with E-state index in [0.29, 0.717) is 0 Å². The van der Waals surface area contributed by atoms with Crippen molar-refractivity contribution in [2.24, 2.45) is 5.92 Å². The molecule has 21 heavy (non-hydrogen) atoms. The van der Waals surface area contributed by atoms with Crippen LogP contribution in [0.15, 0.2) is 0 Å². The standard InChI is InChI=1S/C18H37N3/c1-4-19-12-14-20(15-13-19)9-5-6-10-21-11-7-8-18(21)16-17(2)3/h17-18H,4-16H2,1-3H3/t18-/m0/s1. The first-order valence-corrected chi connectivity index (χ1v) is 9.37. The molecule has 2 aliphatic rings. The van der Waals surface area contributed by atoms with Gasteiger partial charge in [0.1, 0.15) is 0 Å². The number of piperazine rings is 1. The molecule has 2 saturated heterocycles. The Balaban J connectivity index is 1.55. The Morgan fingerprint density at radius 3 is 2.24 bits per heavy atom. The molecule has 0 saturated carbocycles. The average Bonchev–Trinajstić information content (AvgIpc) is 2.91. The zero-order valence-electron chi connectivity index (χ0n) is 14.7. The average molecular weight is 296 g/mol. The van der Waals surface area contributed by atoms with Gasteiger partial charge in [-0.1, -0.05) is 20.8 Å². The fourth-order valence-electron chi connectivity index (χ4n) is 3.98. The number of likely N-dealkylation sites (N-methyl/N-ethyl adjacent to an activating group) is 1. The van der Waals surface area contributed by atoms with Gasteiger partial charge in [-0.3, -0.25) is 0 Å². The summed E-state index contributed by atoms with van der Waals surface area (Å²) in [5, 5.41) is 0. The predicted molar refractivity (Wildman–Crippen MR) is 91.8 cm³/mol. The van der Waals surface area contributed by atoms with E-state index in [-0.39, 0.29) is 0 Å². The molecule has 0 aliphatic carbocycles. The van der Waals surface area contributed by atoms with Gasteiger partial charge in [0.2, 0.25) is 0 Å². The summed E-state index contributed by atoms with van der Waals surface area (Å²) < 4.78 is 0. The van der Waals surface area contributed by atoms with Crippen LogP contribution in [-0.4, -0.2) is 73.1 Å². The lowest BCUT2D eigenvalue weighted by Crippen LogP contribution is -2.46. The van der Waals surface area contributed by atoms with Gasteiger partial charge in [-0.25, -0.2) is 0 Å². The minimum absolute atomic E-state index is 0.852. The minimum atomic E-state index is 0.852. The van der Waals surface area contributed by atoms with E-state index >= 15 is 0 Å². The van der Waals surface area contributed by atoms with Gasteiger partial charge in [-0.15, -0.1) is 0 Å². The molecule has 124 valence electrons. The summed E-state index contributed by atoms with van der Waals surface area (Å²) in [6, 6.07) is 0.887. The third-order valence-electron chi connectivity index (χ3n) is 5.32. The first-order chi connectivity index (χ1) is 10.2. The van der Waals surface area contributed by atoms with E-state index in [4.69, 9.17) is 0 Å². The molecule has 0 bridgehead atoms. The first-order valence-electron chi connectivity index (χ1n) is 9.37. The largest absolute Gasteiger partial charge is 0.301 e. The van der Waals surface area contributed by atoms with Gasteiger partial charge < -0.3 is 14.7 Å². The van der Waals surface area contributed by atoms with Crippen LogP contribution in [0.2, 0.25) is 0 Å². The van der Waals surface area contributed by atoms with E-state index in [1.54, 1.807) is 0 Å². The normalized spacial score (nSPS) is 26.0. The predicted octanol–water partition coefficient (Wildman–Crippen LogP) is 2.91. The molecular formula is C18H37N3. The van der Waals surface area contributed by atoms with E-state index in [1.807, 2.05) is 0 Å². The second-order valence-electron chi connectivity index (χ2n) is 7.44. The first kappa shape index (κ1) is 17.2. The summed E-state index contributed by atoms with van der Waals surface area (Å²) in [4.78, 5) is 8.01. The van der Waals surface area contributed by atoms with Gasteiger partial charge in [-0.2, -0.15) is 0 Å². The lowest BCUT2D eigenvalue weighted by molar-refractivity contribution is 0.133. The summed E-state index contributed by atoms with van der Waals surface area (Å²) in [7, 11) is 0. The Kier molecular flexibility index (Phi) is 7.48. The maximum atomic E-state index is 2.77. The SMILES string of the molecule is CCN1CCN(CCCCN2CCC[C@H]2CC(C)C)CC1. The Bertz CT molecular complexity index is 272. The van der Waals surface area contributed by atoms with Crippen LogP contribution in [0, 0.1) is 5.92 Å². The fourth-order valence-corrected chi connectivity index (χ4v) is 3.98. The van der Waals surface area contributed by atoms with Crippen LogP contribution >= 0.6 is 0 Å². The van der Waals surface area contributed by atoms with Crippen LogP contribution in [0.5, 0.6) is 0 Å². The van der Waals surface area contributed by atoms with Gasteiger partial charge in [0.25, 0.3) is 0 Å². The molecule has 2 heterocycles. The molecular weight excluding hydrogens is 258 g/mol. The number of hydrogen-bond donors (Lipinski definition) is 0. The number of hydrogen-bond acceptors (Lipinski definition) is 3. The number of likely N-dealkylation sites (tertiary alicyclic amines) is 1. The molecule has 2 aliphatic heterocycles. The van der Waals surface area contributed by atoms with Crippen LogP contribution in [0.25, 0.3) is 0 Å². The molecule has 3 heteroatoms. The van der Waals surface area contributed by atoms with Crippen molar-refractivity contribution in [3.8, 4) is 0 Å². The van der Waals surface area contributed by atoms with E-state index in [2.05, 4.69) is 35.5 Å². The Morgan fingerprint density at radius 1 is 0.905 bits per heavy atom. The van der Waals surface area contributed by atoms with E-state index < -0.39 is 0 Å². The van der Waals surface area contributed by atoms with Crippen molar-refractivity contribution < 1.29 is 0 Å². The molecule has 2 rings (SSSR count). The molecule has 0 aromatic rings. The van der Waals surface area contributed by atoms with Crippen LogP contribution in [-0.2, 0) is 0 Å². The van der Waals surface area contributed by atoms with Crippen LogP contribution in [0.4, 0.5) is 0 Å². The summed E-state index contributed by atoms with van der Waals surface area (Å²) in [5.41, 5.74) is 0. The summed E-state index contributed by atoms with van der Waals surface area (Å²) in [5.74, 6) is 0.852. The lowest BCUT2D eigenvalue weighted by atomic mass is 10.0. The van der Waals surface area contributed by atoms with Crippen LogP contribution < -0.4 is 0 Å². The molecule has 0 spiro atoms. The molecule has 0 aromatic heterocycles. The van der Waals surface area contributed by atoms with Gasteiger partial charge >= 0.3 is 0 Å². The maximum Gasteiger partial charge on any atom is 0.0110 e. The van der Waals surface area contributed by atoms with Gasteiger partial charge in [-0.05, 0) is 64.2 Å². The number of unbranched alkanes of at least 4 members (excludes halogenated alkanes) is 1. The van der Waals surface area contributed by atoms with Crippen molar-refractivity contribution in [3.63, 3.8) is 0 Å². The quantitative estimate of drug-likeness (QED) is 0.638. The minimum Gasteiger partial charge on any atom is -0.301 e. The van der Waals surface area contributed by atoms with Crippen LogP contribution in [0.3, 0.4) is 0 Å². The number of nitrogens with zero attached hydrogens (tertiary/aromatic N) is 3. The molecule has 1 atom stereocenters. The second-order valence-corrected chi connectivity index (χ2v) is 7.44. The van der Waals surface area contributed by atoms with Gasteiger partial charge in [0.15, 0.2) is 0 Å². The van der Waals surface area contributed by atoms with Crippen molar-refractivity contribution in [3.05, 3.63) is 0 Å².